The van der Waals surface area contributed by atoms with Crippen LogP contribution in [0.25, 0.3) is 0 Å². The molecule has 0 saturated carbocycles. The van der Waals surface area contributed by atoms with Gasteiger partial charge >= 0.3 is 0 Å². The first-order chi connectivity index (χ1) is 9.96. The molecule has 1 heterocycles. The van der Waals surface area contributed by atoms with Gasteiger partial charge in [0.05, 0.1) is 0 Å². The van der Waals surface area contributed by atoms with Crippen molar-refractivity contribution in [1.82, 2.24) is 10.6 Å². The number of carbonyl (C=O) groups excluding carboxylic acids is 1. The molecule has 1 amide bonds. The summed E-state index contributed by atoms with van der Waals surface area (Å²) in [5.74, 6) is 0.401. The molecule has 116 valence electrons. The van der Waals surface area contributed by atoms with Crippen molar-refractivity contribution >= 4 is 5.91 Å². The molecule has 21 heavy (non-hydrogen) atoms. The van der Waals surface area contributed by atoms with Gasteiger partial charge < -0.3 is 10.6 Å². The fraction of sp³-hybridized carbons (Fsp3) is 0.611. The van der Waals surface area contributed by atoms with Gasteiger partial charge in [-0.25, -0.2) is 0 Å². The van der Waals surface area contributed by atoms with Crippen LogP contribution in [0.3, 0.4) is 0 Å². The number of piperidine rings is 1. The Hall–Kier alpha value is -1.35. The van der Waals surface area contributed by atoms with Crippen molar-refractivity contribution in [3.05, 3.63) is 35.9 Å². The zero-order valence-corrected chi connectivity index (χ0v) is 13.5. The maximum absolute atomic E-state index is 12.3. The Labute approximate surface area is 128 Å². The van der Waals surface area contributed by atoms with E-state index >= 15 is 0 Å². The molecule has 0 spiro atoms. The molecule has 0 bridgehead atoms. The summed E-state index contributed by atoms with van der Waals surface area (Å²) in [5, 5.41) is 6.56. The maximum atomic E-state index is 12.3. The Morgan fingerprint density at radius 2 is 2.05 bits per heavy atom. The van der Waals surface area contributed by atoms with Crippen LogP contribution in [-0.4, -0.2) is 25.0 Å². The van der Waals surface area contributed by atoms with Crippen LogP contribution in [0.2, 0.25) is 0 Å². The standard InChI is InChI=1S/C18H28N2O/c1-14-11-16(9-10-19-14)17(21)20-13-18(2,3)12-15-7-5-4-6-8-15/h4-8,14,16,19H,9-13H2,1-3H3,(H,20,21)/t14-,16-/m0/s1. The van der Waals surface area contributed by atoms with Gasteiger partial charge in [0.1, 0.15) is 0 Å². The second-order valence-corrected chi connectivity index (χ2v) is 7.12. The van der Waals surface area contributed by atoms with E-state index in [4.69, 9.17) is 0 Å². The number of carbonyl (C=O) groups is 1. The average molecular weight is 288 g/mol. The molecule has 2 atom stereocenters. The molecule has 1 aromatic carbocycles. The summed E-state index contributed by atoms with van der Waals surface area (Å²) < 4.78 is 0. The molecule has 1 saturated heterocycles. The van der Waals surface area contributed by atoms with Crippen LogP contribution < -0.4 is 10.6 Å². The molecular weight excluding hydrogens is 260 g/mol. The highest BCUT2D eigenvalue weighted by molar-refractivity contribution is 5.78. The van der Waals surface area contributed by atoms with Crippen LogP contribution in [0.4, 0.5) is 0 Å². The van der Waals surface area contributed by atoms with Crippen molar-refractivity contribution in [2.75, 3.05) is 13.1 Å². The third-order valence-electron chi connectivity index (χ3n) is 4.26. The number of hydrogen-bond donors (Lipinski definition) is 2. The number of hydrogen-bond acceptors (Lipinski definition) is 2. The van der Waals surface area contributed by atoms with Gasteiger partial charge in [0, 0.05) is 18.5 Å². The van der Waals surface area contributed by atoms with E-state index in [0.29, 0.717) is 6.04 Å². The first-order valence-corrected chi connectivity index (χ1v) is 8.01. The highest BCUT2D eigenvalue weighted by atomic mass is 16.1. The lowest BCUT2D eigenvalue weighted by Crippen LogP contribution is -2.44. The van der Waals surface area contributed by atoms with Crippen molar-refractivity contribution in [3.8, 4) is 0 Å². The summed E-state index contributed by atoms with van der Waals surface area (Å²) >= 11 is 0. The topological polar surface area (TPSA) is 41.1 Å². The van der Waals surface area contributed by atoms with Gasteiger partial charge in [-0.15, -0.1) is 0 Å². The Balaban J connectivity index is 1.82. The Kier molecular flexibility index (Phi) is 5.40. The van der Waals surface area contributed by atoms with Gasteiger partial charge in [-0.2, -0.15) is 0 Å². The molecule has 1 aliphatic rings. The third kappa shape index (κ3) is 5.16. The van der Waals surface area contributed by atoms with Crippen molar-refractivity contribution in [2.24, 2.45) is 11.3 Å². The smallest absolute Gasteiger partial charge is 0.223 e. The summed E-state index contributed by atoms with van der Waals surface area (Å²) in [5.41, 5.74) is 1.41. The van der Waals surface area contributed by atoms with E-state index < -0.39 is 0 Å². The van der Waals surface area contributed by atoms with Crippen molar-refractivity contribution in [2.45, 2.75) is 46.1 Å². The van der Waals surface area contributed by atoms with E-state index in [1.807, 2.05) is 6.07 Å². The molecule has 0 unspecified atom stereocenters. The van der Waals surface area contributed by atoms with E-state index in [0.717, 1.165) is 32.4 Å². The molecule has 1 aromatic rings. The second-order valence-electron chi connectivity index (χ2n) is 7.12. The molecule has 0 radical (unpaired) electrons. The molecule has 2 rings (SSSR count). The van der Waals surface area contributed by atoms with Gasteiger partial charge in [-0.1, -0.05) is 44.2 Å². The highest BCUT2D eigenvalue weighted by Gasteiger charge is 2.26. The lowest BCUT2D eigenvalue weighted by Gasteiger charge is -2.30. The fourth-order valence-corrected chi connectivity index (χ4v) is 3.05. The normalized spacial score (nSPS) is 22.8. The molecule has 1 fully saturated rings. The predicted octanol–water partition coefficient (Wildman–Crippen LogP) is 2.76. The van der Waals surface area contributed by atoms with Crippen molar-refractivity contribution in [1.29, 1.82) is 0 Å². The number of benzene rings is 1. The SMILES string of the molecule is C[C@H]1C[C@@H](C(=O)NCC(C)(C)Cc2ccccc2)CCN1. The van der Waals surface area contributed by atoms with Gasteiger partial charge in [-0.05, 0) is 43.7 Å². The Morgan fingerprint density at radius 1 is 1.33 bits per heavy atom. The zero-order chi connectivity index (χ0) is 15.3. The molecular formula is C18H28N2O. The summed E-state index contributed by atoms with van der Waals surface area (Å²) in [6.45, 7) is 8.27. The predicted molar refractivity (Wildman–Crippen MR) is 87.1 cm³/mol. The van der Waals surface area contributed by atoms with Gasteiger partial charge in [0.2, 0.25) is 5.91 Å². The number of rotatable bonds is 5. The van der Waals surface area contributed by atoms with Gasteiger partial charge in [0.15, 0.2) is 0 Å². The molecule has 3 nitrogen and oxygen atoms in total. The monoisotopic (exact) mass is 288 g/mol. The van der Waals surface area contributed by atoms with E-state index in [9.17, 15) is 4.79 Å². The van der Waals surface area contributed by atoms with Crippen molar-refractivity contribution < 1.29 is 4.79 Å². The van der Waals surface area contributed by atoms with Crippen LogP contribution in [0.1, 0.15) is 39.2 Å². The lowest BCUT2D eigenvalue weighted by molar-refractivity contribution is -0.126. The van der Waals surface area contributed by atoms with E-state index in [1.165, 1.54) is 5.56 Å². The first-order valence-electron chi connectivity index (χ1n) is 8.01. The summed E-state index contributed by atoms with van der Waals surface area (Å²) in [6, 6.07) is 10.9. The van der Waals surface area contributed by atoms with Crippen LogP contribution in [0.5, 0.6) is 0 Å². The van der Waals surface area contributed by atoms with Gasteiger partial charge in [-0.3, -0.25) is 4.79 Å². The van der Waals surface area contributed by atoms with E-state index in [-0.39, 0.29) is 17.2 Å². The van der Waals surface area contributed by atoms with Crippen LogP contribution in [0.15, 0.2) is 30.3 Å². The maximum Gasteiger partial charge on any atom is 0.223 e. The average Bonchev–Trinajstić information content (AvgIpc) is 2.45. The third-order valence-corrected chi connectivity index (χ3v) is 4.26. The van der Waals surface area contributed by atoms with E-state index in [2.05, 4.69) is 55.7 Å². The van der Waals surface area contributed by atoms with E-state index in [1.54, 1.807) is 0 Å². The summed E-state index contributed by atoms with van der Waals surface area (Å²) in [4.78, 5) is 12.3. The molecule has 2 N–H and O–H groups in total. The minimum atomic E-state index is 0.0789. The van der Waals surface area contributed by atoms with Crippen LogP contribution in [0, 0.1) is 11.3 Å². The van der Waals surface area contributed by atoms with Crippen LogP contribution >= 0.6 is 0 Å². The number of amides is 1. The van der Waals surface area contributed by atoms with Crippen molar-refractivity contribution in [3.63, 3.8) is 0 Å². The molecule has 0 aromatic heterocycles. The Bertz CT molecular complexity index is 456. The first kappa shape index (κ1) is 16.0. The largest absolute Gasteiger partial charge is 0.355 e. The minimum Gasteiger partial charge on any atom is -0.355 e. The molecule has 1 aliphatic heterocycles. The van der Waals surface area contributed by atoms with Crippen LogP contribution in [-0.2, 0) is 11.2 Å². The summed E-state index contributed by atoms with van der Waals surface area (Å²) in [6.07, 6.45) is 2.89. The quantitative estimate of drug-likeness (QED) is 0.875. The lowest BCUT2D eigenvalue weighted by atomic mass is 9.85. The zero-order valence-electron chi connectivity index (χ0n) is 13.5. The fourth-order valence-electron chi connectivity index (χ4n) is 3.05. The molecule has 3 heteroatoms. The molecule has 0 aliphatic carbocycles. The Morgan fingerprint density at radius 3 is 2.71 bits per heavy atom. The van der Waals surface area contributed by atoms with Gasteiger partial charge in [0.25, 0.3) is 0 Å². The highest BCUT2D eigenvalue weighted by Crippen LogP contribution is 2.22. The second kappa shape index (κ2) is 7.08. The summed E-state index contributed by atoms with van der Waals surface area (Å²) in [7, 11) is 0. The minimum absolute atomic E-state index is 0.0789. The number of nitrogens with one attached hydrogen (secondary N) is 2.